The highest BCUT2D eigenvalue weighted by Gasteiger charge is 2.12. The van der Waals surface area contributed by atoms with Gasteiger partial charge in [-0.3, -0.25) is 9.88 Å². The molecule has 0 saturated heterocycles. The first-order chi connectivity index (χ1) is 13.8. The normalized spacial score (nSPS) is 10.6. The lowest BCUT2D eigenvalue weighted by Crippen LogP contribution is -2.23. The largest absolute Gasteiger partial charge is 0.481 e. The summed E-state index contributed by atoms with van der Waals surface area (Å²) in [4.78, 5) is 6.66. The predicted octanol–water partition coefficient (Wildman–Crippen LogP) is 4.86. The number of hydrogen-bond acceptors (Lipinski definition) is 3. The summed E-state index contributed by atoms with van der Waals surface area (Å²) >= 11 is 0. The van der Waals surface area contributed by atoms with Crippen molar-refractivity contribution in [2.75, 3.05) is 6.61 Å². The lowest BCUT2D eigenvalue weighted by Gasteiger charge is -2.24. The summed E-state index contributed by atoms with van der Waals surface area (Å²) in [7, 11) is 0. The molecule has 0 aliphatic carbocycles. The van der Waals surface area contributed by atoms with E-state index >= 15 is 0 Å². The van der Waals surface area contributed by atoms with Crippen LogP contribution >= 0.6 is 0 Å². The van der Waals surface area contributed by atoms with E-state index < -0.39 is 0 Å². The van der Waals surface area contributed by atoms with Crippen molar-refractivity contribution in [3.8, 4) is 18.1 Å². The molecule has 0 atom stereocenters. The molecule has 28 heavy (non-hydrogen) atoms. The second kappa shape index (κ2) is 10.3. The van der Waals surface area contributed by atoms with Crippen molar-refractivity contribution < 1.29 is 4.74 Å². The molecule has 0 saturated carbocycles. The molecule has 0 aliphatic heterocycles. The Balaban J connectivity index is 1.80. The Kier molecular flexibility index (Phi) is 7.23. The van der Waals surface area contributed by atoms with Crippen LogP contribution in [0.1, 0.15) is 29.2 Å². The number of terminal acetylenes is 1. The van der Waals surface area contributed by atoms with Gasteiger partial charge in [-0.05, 0) is 35.2 Å². The number of pyridine rings is 1. The molecule has 0 bridgehead atoms. The molecule has 0 aliphatic rings. The fraction of sp³-hybridized carbons (Fsp3) is 0.240. The van der Waals surface area contributed by atoms with Gasteiger partial charge in [-0.15, -0.1) is 6.42 Å². The quantitative estimate of drug-likeness (QED) is 0.503. The molecule has 3 aromatic rings. The second-order valence-electron chi connectivity index (χ2n) is 6.78. The number of benzene rings is 2. The number of aryl methyl sites for hydroxylation is 1. The standard InChI is InChI=1S/C25H26N2O/c1-3-16-28-25-10-6-5-9-24(25)20-27(19-23-8-7-15-26-17-23)18-22-13-11-21(4-2)12-14-22/h1,5-15,17H,4,16,18-20H2,2H3. The van der Waals surface area contributed by atoms with Gasteiger partial charge in [-0.25, -0.2) is 0 Å². The maximum absolute atomic E-state index is 5.74. The van der Waals surface area contributed by atoms with E-state index in [2.05, 4.69) is 59.1 Å². The number of para-hydroxylation sites is 1. The maximum Gasteiger partial charge on any atom is 0.148 e. The minimum absolute atomic E-state index is 0.276. The Morgan fingerprint density at radius 2 is 1.64 bits per heavy atom. The van der Waals surface area contributed by atoms with Gasteiger partial charge in [0, 0.05) is 37.6 Å². The van der Waals surface area contributed by atoms with Gasteiger partial charge >= 0.3 is 0 Å². The van der Waals surface area contributed by atoms with Gasteiger partial charge in [-0.2, -0.15) is 0 Å². The van der Waals surface area contributed by atoms with E-state index in [1.54, 1.807) is 6.20 Å². The second-order valence-corrected chi connectivity index (χ2v) is 6.78. The molecule has 0 N–H and O–H groups in total. The number of aromatic nitrogens is 1. The Morgan fingerprint density at radius 1 is 0.893 bits per heavy atom. The van der Waals surface area contributed by atoms with Crippen LogP contribution in [0, 0.1) is 12.3 Å². The molecule has 3 heteroatoms. The third-order valence-electron chi connectivity index (χ3n) is 4.64. The van der Waals surface area contributed by atoms with Crippen molar-refractivity contribution in [1.29, 1.82) is 0 Å². The van der Waals surface area contributed by atoms with Gasteiger partial charge in [0.25, 0.3) is 0 Å². The number of nitrogens with zero attached hydrogens (tertiary/aromatic N) is 2. The smallest absolute Gasteiger partial charge is 0.148 e. The van der Waals surface area contributed by atoms with Crippen LogP contribution in [0.2, 0.25) is 0 Å². The zero-order chi connectivity index (χ0) is 19.6. The van der Waals surface area contributed by atoms with Crippen LogP contribution in [0.3, 0.4) is 0 Å². The molecule has 2 aromatic carbocycles. The highest BCUT2D eigenvalue weighted by atomic mass is 16.5. The molecule has 0 radical (unpaired) electrons. The first-order valence-corrected chi connectivity index (χ1v) is 9.61. The van der Waals surface area contributed by atoms with Crippen molar-refractivity contribution in [3.05, 3.63) is 95.3 Å². The third kappa shape index (κ3) is 5.70. The molecule has 0 unspecified atom stereocenters. The van der Waals surface area contributed by atoms with Crippen LogP contribution in [0.15, 0.2) is 73.1 Å². The molecule has 0 fully saturated rings. The highest BCUT2D eigenvalue weighted by Crippen LogP contribution is 2.22. The Morgan fingerprint density at radius 3 is 2.36 bits per heavy atom. The van der Waals surface area contributed by atoms with Crippen molar-refractivity contribution in [3.63, 3.8) is 0 Å². The van der Waals surface area contributed by atoms with Crippen molar-refractivity contribution in [2.45, 2.75) is 33.0 Å². The van der Waals surface area contributed by atoms with Crippen molar-refractivity contribution >= 4 is 0 Å². The summed E-state index contributed by atoms with van der Waals surface area (Å²) in [5.74, 6) is 3.39. The van der Waals surface area contributed by atoms with E-state index in [4.69, 9.17) is 11.2 Å². The zero-order valence-electron chi connectivity index (χ0n) is 16.3. The lowest BCUT2D eigenvalue weighted by atomic mass is 10.1. The van der Waals surface area contributed by atoms with Crippen LogP contribution in [0.4, 0.5) is 0 Å². The summed E-state index contributed by atoms with van der Waals surface area (Å²) in [6, 6.07) is 21.0. The summed E-state index contributed by atoms with van der Waals surface area (Å²) in [6.07, 6.45) is 10.1. The highest BCUT2D eigenvalue weighted by molar-refractivity contribution is 5.34. The van der Waals surface area contributed by atoms with Gasteiger partial charge in [0.1, 0.15) is 12.4 Å². The van der Waals surface area contributed by atoms with E-state index in [0.717, 1.165) is 37.4 Å². The zero-order valence-corrected chi connectivity index (χ0v) is 16.3. The Hall–Kier alpha value is -3.09. The molecule has 1 aromatic heterocycles. The summed E-state index contributed by atoms with van der Waals surface area (Å²) in [5, 5.41) is 0. The molecule has 0 amide bonds. The van der Waals surface area contributed by atoms with Gasteiger partial charge in [0.05, 0.1) is 0 Å². The van der Waals surface area contributed by atoms with Crippen molar-refractivity contribution in [2.24, 2.45) is 0 Å². The van der Waals surface area contributed by atoms with Crippen LogP contribution in [0.5, 0.6) is 5.75 Å². The lowest BCUT2D eigenvalue weighted by molar-refractivity contribution is 0.242. The summed E-state index contributed by atoms with van der Waals surface area (Å²) in [6.45, 7) is 4.88. The molecular formula is C25H26N2O. The monoisotopic (exact) mass is 370 g/mol. The Bertz CT molecular complexity index is 898. The molecule has 1 heterocycles. The average Bonchev–Trinajstić information content (AvgIpc) is 2.74. The molecular weight excluding hydrogens is 344 g/mol. The van der Waals surface area contributed by atoms with E-state index in [9.17, 15) is 0 Å². The van der Waals surface area contributed by atoms with E-state index in [1.165, 1.54) is 16.7 Å². The molecule has 0 spiro atoms. The number of ether oxygens (including phenoxy) is 1. The van der Waals surface area contributed by atoms with Crippen LogP contribution < -0.4 is 4.74 Å². The van der Waals surface area contributed by atoms with Gasteiger partial charge < -0.3 is 4.74 Å². The number of hydrogen-bond donors (Lipinski definition) is 0. The minimum atomic E-state index is 0.276. The van der Waals surface area contributed by atoms with E-state index in [-0.39, 0.29) is 6.61 Å². The van der Waals surface area contributed by atoms with Crippen LogP contribution in [-0.2, 0) is 26.1 Å². The summed E-state index contributed by atoms with van der Waals surface area (Å²) < 4.78 is 5.74. The minimum Gasteiger partial charge on any atom is -0.481 e. The van der Waals surface area contributed by atoms with E-state index in [1.807, 2.05) is 30.5 Å². The fourth-order valence-corrected chi connectivity index (χ4v) is 3.19. The average molecular weight is 370 g/mol. The van der Waals surface area contributed by atoms with E-state index in [0.29, 0.717) is 0 Å². The first kappa shape index (κ1) is 19.7. The fourth-order valence-electron chi connectivity index (χ4n) is 3.19. The third-order valence-corrected chi connectivity index (χ3v) is 4.64. The number of rotatable bonds is 9. The van der Waals surface area contributed by atoms with Gasteiger partial charge in [-0.1, -0.05) is 61.4 Å². The molecule has 3 rings (SSSR count). The maximum atomic E-state index is 5.74. The van der Waals surface area contributed by atoms with Crippen LogP contribution in [0.25, 0.3) is 0 Å². The predicted molar refractivity (Wildman–Crippen MR) is 114 cm³/mol. The molecule has 3 nitrogen and oxygen atoms in total. The SMILES string of the molecule is C#CCOc1ccccc1CN(Cc1ccc(CC)cc1)Cc1cccnc1. The summed E-state index contributed by atoms with van der Waals surface area (Å²) in [5.41, 5.74) is 4.97. The first-order valence-electron chi connectivity index (χ1n) is 9.61. The Labute approximate surface area is 168 Å². The van der Waals surface area contributed by atoms with Crippen molar-refractivity contribution in [1.82, 2.24) is 9.88 Å². The topological polar surface area (TPSA) is 25.4 Å². The van der Waals surface area contributed by atoms with Crippen LogP contribution in [-0.4, -0.2) is 16.5 Å². The van der Waals surface area contributed by atoms with Gasteiger partial charge in [0.15, 0.2) is 0 Å². The van der Waals surface area contributed by atoms with Gasteiger partial charge in [0.2, 0.25) is 0 Å². The molecule has 142 valence electrons.